The van der Waals surface area contributed by atoms with E-state index >= 15 is 0 Å². The molecule has 0 radical (unpaired) electrons. The van der Waals surface area contributed by atoms with Gasteiger partial charge in [-0.1, -0.05) is 0 Å². The first-order chi connectivity index (χ1) is 11.2. The summed E-state index contributed by atoms with van der Waals surface area (Å²) in [4.78, 5) is 18.0. The molecule has 23 heavy (non-hydrogen) atoms. The second-order valence-electron chi connectivity index (χ2n) is 5.42. The molecule has 1 aliphatic heterocycles. The molecule has 1 unspecified atom stereocenters. The highest BCUT2D eigenvalue weighted by molar-refractivity contribution is 7.18. The van der Waals surface area contributed by atoms with Crippen LogP contribution in [0.4, 0.5) is 10.5 Å². The van der Waals surface area contributed by atoms with Crippen molar-refractivity contribution in [3.8, 4) is 6.07 Å². The van der Waals surface area contributed by atoms with Gasteiger partial charge in [-0.25, -0.2) is 9.78 Å². The normalized spacial score (nSPS) is 17.5. The number of unbranched alkanes of at least 4 members (excludes halogenated alkanes) is 2. The second kappa shape index (κ2) is 6.94. The zero-order chi connectivity index (χ0) is 16.2. The number of thiazole rings is 1. The largest absolute Gasteiger partial charge is 0.441 e. The predicted octanol–water partition coefficient (Wildman–Crippen LogP) is 2.85. The maximum atomic E-state index is 11.8. The number of cyclic esters (lactones) is 1. The molecule has 1 atom stereocenters. The molecular formula is C16H17N3O3S. The van der Waals surface area contributed by atoms with E-state index in [0.717, 1.165) is 40.2 Å². The zero-order valence-corrected chi connectivity index (χ0v) is 13.4. The number of hydrogen-bond acceptors (Lipinski definition) is 6. The number of aliphatic hydroxyl groups excluding tert-OH is 1. The Kier molecular flexibility index (Phi) is 4.74. The van der Waals surface area contributed by atoms with Crippen molar-refractivity contribution in [2.75, 3.05) is 18.1 Å². The number of benzene rings is 1. The Morgan fingerprint density at radius 3 is 3.09 bits per heavy atom. The maximum Gasteiger partial charge on any atom is 0.414 e. The van der Waals surface area contributed by atoms with E-state index < -0.39 is 12.2 Å². The standard InChI is InChI=1S/C16H17N3O3S/c17-7-3-1-2-4-15-18-13-6-5-11(8-14(13)23-15)19-9-12(10-20)22-16(19)21/h5-6,8,12,20H,1-4,9-10H2. The van der Waals surface area contributed by atoms with Crippen molar-refractivity contribution < 1.29 is 14.6 Å². The molecule has 1 saturated heterocycles. The molecule has 2 heterocycles. The third-order valence-electron chi connectivity index (χ3n) is 3.73. The lowest BCUT2D eigenvalue weighted by atomic mass is 10.2. The van der Waals surface area contributed by atoms with Gasteiger partial charge in [0.1, 0.15) is 6.10 Å². The van der Waals surface area contributed by atoms with Gasteiger partial charge in [0, 0.05) is 12.1 Å². The number of hydrogen-bond donors (Lipinski definition) is 1. The van der Waals surface area contributed by atoms with E-state index in [-0.39, 0.29) is 6.61 Å². The predicted molar refractivity (Wildman–Crippen MR) is 87.5 cm³/mol. The molecule has 3 rings (SSSR count). The fourth-order valence-electron chi connectivity index (χ4n) is 2.54. The summed E-state index contributed by atoms with van der Waals surface area (Å²) in [7, 11) is 0. The van der Waals surface area contributed by atoms with Crippen molar-refractivity contribution >= 4 is 33.3 Å². The van der Waals surface area contributed by atoms with Crippen molar-refractivity contribution in [3.05, 3.63) is 23.2 Å². The molecule has 2 aromatic rings. The monoisotopic (exact) mass is 331 g/mol. The van der Waals surface area contributed by atoms with E-state index in [2.05, 4.69) is 11.1 Å². The second-order valence-corrected chi connectivity index (χ2v) is 6.54. The maximum absolute atomic E-state index is 11.8. The third kappa shape index (κ3) is 3.44. The Morgan fingerprint density at radius 2 is 2.35 bits per heavy atom. The minimum Gasteiger partial charge on any atom is -0.441 e. The molecule has 0 aliphatic carbocycles. The van der Waals surface area contributed by atoms with Gasteiger partial charge in [-0.3, -0.25) is 4.90 Å². The Balaban J connectivity index is 1.74. The van der Waals surface area contributed by atoms with Crippen molar-refractivity contribution in [2.24, 2.45) is 0 Å². The number of fused-ring (bicyclic) bond motifs is 1. The molecule has 1 amide bonds. The number of carbonyl (C=O) groups is 1. The SMILES string of the molecule is N#CCCCCc1nc2ccc(N3CC(CO)OC3=O)cc2s1. The van der Waals surface area contributed by atoms with E-state index in [1.807, 2.05) is 18.2 Å². The average Bonchev–Trinajstić information content (AvgIpc) is 3.13. The van der Waals surface area contributed by atoms with E-state index in [9.17, 15) is 4.79 Å². The van der Waals surface area contributed by atoms with Gasteiger partial charge in [-0.15, -0.1) is 11.3 Å². The first kappa shape index (κ1) is 15.7. The summed E-state index contributed by atoms with van der Waals surface area (Å²) in [5.74, 6) is 0. The smallest absolute Gasteiger partial charge is 0.414 e. The van der Waals surface area contributed by atoms with Crippen molar-refractivity contribution in [1.82, 2.24) is 4.98 Å². The number of nitrogens with zero attached hydrogens (tertiary/aromatic N) is 3. The molecular weight excluding hydrogens is 314 g/mol. The fourth-order valence-corrected chi connectivity index (χ4v) is 3.59. The average molecular weight is 331 g/mol. The van der Waals surface area contributed by atoms with Gasteiger partial charge < -0.3 is 9.84 Å². The topological polar surface area (TPSA) is 86.5 Å². The molecule has 1 N–H and O–H groups in total. The Bertz CT molecular complexity index is 753. The molecule has 120 valence electrons. The van der Waals surface area contributed by atoms with Gasteiger partial charge in [0.15, 0.2) is 0 Å². The lowest BCUT2D eigenvalue weighted by Crippen LogP contribution is -2.25. The molecule has 0 spiro atoms. The molecule has 6 nitrogen and oxygen atoms in total. The lowest BCUT2D eigenvalue weighted by Gasteiger charge is -2.12. The van der Waals surface area contributed by atoms with Crippen LogP contribution in [0.1, 0.15) is 24.3 Å². The molecule has 1 aromatic carbocycles. The Hall–Kier alpha value is -2.17. The summed E-state index contributed by atoms with van der Waals surface area (Å²) in [6, 6.07) is 7.84. The van der Waals surface area contributed by atoms with Gasteiger partial charge in [0.25, 0.3) is 0 Å². The van der Waals surface area contributed by atoms with Gasteiger partial charge in [0.05, 0.1) is 34.4 Å². The van der Waals surface area contributed by atoms with Crippen molar-refractivity contribution in [1.29, 1.82) is 5.26 Å². The van der Waals surface area contributed by atoms with Crippen molar-refractivity contribution in [2.45, 2.75) is 31.8 Å². The number of aromatic nitrogens is 1. The number of aryl methyl sites for hydroxylation is 1. The third-order valence-corrected chi connectivity index (χ3v) is 4.81. The summed E-state index contributed by atoms with van der Waals surface area (Å²) in [5.41, 5.74) is 1.68. The quantitative estimate of drug-likeness (QED) is 0.823. The van der Waals surface area contributed by atoms with Crippen LogP contribution in [0.3, 0.4) is 0 Å². The number of carbonyl (C=O) groups excluding carboxylic acids is 1. The van der Waals surface area contributed by atoms with Crippen LogP contribution in [0.15, 0.2) is 18.2 Å². The van der Waals surface area contributed by atoms with Crippen LogP contribution in [-0.4, -0.2) is 35.4 Å². The highest BCUT2D eigenvalue weighted by Gasteiger charge is 2.31. The number of amides is 1. The fraction of sp³-hybridized carbons (Fsp3) is 0.438. The summed E-state index contributed by atoms with van der Waals surface area (Å²) < 4.78 is 6.10. The van der Waals surface area contributed by atoms with Crippen LogP contribution in [0.5, 0.6) is 0 Å². The minimum atomic E-state index is -0.463. The van der Waals surface area contributed by atoms with Crippen LogP contribution < -0.4 is 4.90 Å². The van der Waals surface area contributed by atoms with Crippen LogP contribution in [-0.2, 0) is 11.2 Å². The van der Waals surface area contributed by atoms with Gasteiger partial charge >= 0.3 is 6.09 Å². The molecule has 1 aromatic heterocycles. The van der Waals surface area contributed by atoms with E-state index in [0.29, 0.717) is 13.0 Å². The summed E-state index contributed by atoms with van der Waals surface area (Å²) in [6.45, 7) is 0.193. The van der Waals surface area contributed by atoms with E-state index in [4.69, 9.17) is 15.1 Å². The summed E-state index contributed by atoms with van der Waals surface area (Å²) >= 11 is 1.61. The number of aliphatic hydroxyl groups is 1. The first-order valence-corrected chi connectivity index (χ1v) is 8.38. The lowest BCUT2D eigenvalue weighted by molar-refractivity contribution is 0.0963. The Morgan fingerprint density at radius 1 is 1.48 bits per heavy atom. The number of anilines is 1. The zero-order valence-electron chi connectivity index (χ0n) is 12.6. The van der Waals surface area contributed by atoms with Crippen LogP contribution >= 0.6 is 11.3 Å². The highest BCUT2D eigenvalue weighted by atomic mass is 32.1. The number of nitriles is 1. The van der Waals surface area contributed by atoms with Crippen molar-refractivity contribution in [3.63, 3.8) is 0 Å². The van der Waals surface area contributed by atoms with Gasteiger partial charge in [-0.05, 0) is 37.5 Å². The minimum absolute atomic E-state index is 0.169. The highest BCUT2D eigenvalue weighted by Crippen LogP contribution is 2.30. The molecule has 0 saturated carbocycles. The molecule has 1 aliphatic rings. The summed E-state index contributed by atoms with van der Waals surface area (Å²) in [5, 5.41) is 18.7. The molecule has 1 fully saturated rings. The van der Waals surface area contributed by atoms with Gasteiger partial charge in [-0.2, -0.15) is 5.26 Å². The van der Waals surface area contributed by atoms with E-state index in [1.165, 1.54) is 4.90 Å². The van der Waals surface area contributed by atoms with Crippen LogP contribution in [0.25, 0.3) is 10.2 Å². The number of ether oxygens (including phenoxy) is 1. The number of rotatable bonds is 6. The summed E-state index contributed by atoms with van der Waals surface area (Å²) in [6.07, 6.45) is 2.41. The first-order valence-electron chi connectivity index (χ1n) is 7.56. The van der Waals surface area contributed by atoms with Gasteiger partial charge in [0.2, 0.25) is 0 Å². The van der Waals surface area contributed by atoms with Crippen LogP contribution in [0, 0.1) is 11.3 Å². The van der Waals surface area contributed by atoms with E-state index in [1.54, 1.807) is 11.3 Å². The molecule has 0 bridgehead atoms. The molecule has 7 heteroatoms. The Labute approximate surface area is 137 Å². The van der Waals surface area contributed by atoms with Crippen LogP contribution in [0.2, 0.25) is 0 Å².